The predicted octanol–water partition coefficient (Wildman–Crippen LogP) is 2.48. The second-order valence-electron chi connectivity index (χ2n) is 6.80. The molecule has 0 bridgehead atoms. The van der Waals surface area contributed by atoms with Crippen molar-refractivity contribution in [2.24, 2.45) is 0 Å². The highest BCUT2D eigenvalue weighted by atomic mass is 16.2. The molecule has 1 aromatic carbocycles. The van der Waals surface area contributed by atoms with E-state index in [2.05, 4.69) is 9.97 Å². The summed E-state index contributed by atoms with van der Waals surface area (Å²) in [5.74, 6) is 0.130. The lowest BCUT2D eigenvalue weighted by atomic mass is 10.1. The number of nitrogens with zero attached hydrogens (tertiary/aromatic N) is 3. The number of benzene rings is 1. The minimum atomic E-state index is -0.0254. The van der Waals surface area contributed by atoms with E-state index in [-0.39, 0.29) is 11.8 Å². The number of fused-ring (bicyclic) bond motifs is 1. The van der Waals surface area contributed by atoms with E-state index in [1.54, 1.807) is 17.3 Å². The van der Waals surface area contributed by atoms with Crippen molar-refractivity contribution in [3.05, 3.63) is 66.1 Å². The van der Waals surface area contributed by atoms with Gasteiger partial charge < -0.3 is 14.8 Å². The van der Waals surface area contributed by atoms with E-state index in [1.165, 1.54) is 5.56 Å². The van der Waals surface area contributed by atoms with Crippen molar-refractivity contribution < 1.29 is 9.59 Å². The van der Waals surface area contributed by atoms with Crippen LogP contribution in [0.2, 0.25) is 0 Å². The third kappa shape index (κ3) is 3.84. The Morgan fingerprint density at radius 1 is 1.00 bits per heavy atom. The maximum atomic E-state index is 12.7. The van der Waals surface area contributed by atoms with E-state index in [0.717, 1.165) is 17.3 Å². The van der Waals surface area contributed by atoms with E-state index >= 15 is 0 Å². The number of aryl methyl sites for hydroxylation is 1. The minimum absolute atomic E-state index is 0.0254. The van der Waals surface area contributed by atoms with Crippen LogP contribution in [0.3, 0.4) is 0 Å². The lowest BCUT2D eigenvalue weighted by Gasteiger charge is -2.34. The fourth-order valence-corrected chi connectivity index (χ4v) is 3.47. The van der Waals surface area contributed by atoms with Crippen molar-refractivity contribution in [3.8, 4) is 0 Å². The van der Waals surface area contributed by atoms with Gasteiger partial charge in [0, 0.05) is 55.9 Å². The van der Waals surface area contributed by atoms with Gasteiger partial charge in [0.15, 0.2) is 0 Å². The molecule has 0 radical (unpaired) electrons. The number of aromatic amines is 1. The summed E-state index contributed by atoms with van der Waals surface area (Å²) in [6, 6.07) is 13.7. The molecule has 1 aliphatic heterocycles. The van der Waals surface area contributed by atoms with E-state index in [0.29, 0.717) is 38.3 Å². The SMILES string of the molecule is O=C(CCc1ccccc1)N1CCN(C(=O)c2cc3cnccc3[nH]2)CC1. The summed E-state index contributed by atoms with van der Waals surface area (Å²) >= 11 is 0. The quantitative estimate of drug-likeness (QED) is 0.775. The molecule has 3 aromatic rings. The summed E-state index contributed by atoms with van der Waals surface area (Å²) < 4.78 is 0. The van der Waals surface area contributed by atoms with Crippen molar-refractivity contribution >= 4 is 22.7 Å². The second-order valence-corrected chi connectivity index (χ2v) is 6.80. The Labute approximate surface area is 157 Å². The first kappa shape index (κ1) is 17.3. The van der Waals surface area contributed by atoms with Crippen LogP contribution in [0.15, 0.2) is 54.9 Å². The summed E-state index contributed by atoms with van der Waals surface area (Å²) in [4.78, 5) is 36.1. The molecule has 1 fully saturated rings. The van der Waals surface area contributed by atoms with Crippen LogP contribution < -0.4 is 0 Å². The normalized spacial score (nSPS) is 14.5. The number of amides is 2. The van der Waals surface area contributed by atoms with Crippen molar-refractivity contribution in [1.82, 2.24) is 19.8 Å². The molecular formula is C21H22N4O2. The zero-order valence-electron chi connectivity index (χ0n) is 15.1. The maximum Gasteiger partial charge on any atom is 0.270 e. The number of aromatic nitrogens is 2. The third-order valence-electron chi connectivity index (χ3n) is 5.04. The van der Waals surface area contributed by atoms with Gasteiger partial charge in [-0.3, -0.25) is 14.6 Å². The number of pyridine rings is 1. The zero-order valence-corrected chi connectivity index (χ0v) is 15.1. The summed E-state index contributed by atoms with van der Waals surface area (Å²) in [5, 5.41) is 0.926. The fraction of sp³-hybridized carbons (Fsp3) is 0.286. The Kier molecular flexibility index (Phi) is 4.87. The molecule has 3 heterocycles. The molecule has 1 aliphatic rings. The monoisotopic (exact) mass is 362 g/mol. The predicted molar refractivity (Wildman–Crippen MR) is 103 cm³/mol. The van der Waals surface area contributed by atoms with Crippen molar-refractivity contribution in [2.75, 3.05) is 26.2 Å². The van der Waals surface area contributed by atoms with Crippen LogP contribution in [-0.4, -0.2) is 57.8 Å². The average Bonchev–Trinajstić information content (AvgIpc) is 3.16. The Hall–Kier alpha value is -3.15. The van der Waals surface area contributed by atoms with Gasteiger partial charge in [0.25, 0.3) is 5.91 Å². The second kappa shape index (κ2) is 7.61. The first-order chi connectivity index (χ1) is 13.2. The number of hydrogen-bond donors (Lipinski definition) is 1. The highest BCUT2D eigenvalue weighted by molar-refractivity contribution is 5.98. The molecule has 2 aromatic heterocycles. The number of piperazine rings is 1. The Morgan fingerprint density at radius 3 is 2.48 bits per heavy atom. The highest BCUT2D eigenvalue weighted by Gasteiger charge is 2.25. The molecule has 6 nitrogen and oxygen atoms in total. The van der Waals surface area contributed by atoms with Gasteiger partial charge in [0.2, 0.25) is 5.91 Å². The molecule has 27 heavy (non-hydrogen) atoms. The van der Waals surface area contributed by atoms with Crippen LogP contribution in [0.5, 0.6) is 0 Å². The first-order valence-electron chi connectivity index (χ1n) is 9.24. The summed E-state index contributed by atoms with van der Waals surface area (Å²) in [6.45, 7) is 2.29. The smallest absolute Gasteiger partial charge is 0.270 e. The lowest BCUT2D eigenvalue weighted by Crippen LogP contribution is -2.50. The van der Waals surface area contributed by atoms with Gasteiger partial charge in [-0.2, -0.15) is 0 Å². The van der Waals surface area contributed by atoms with Crippen LogP contribution in [0.25, 0.3) is 10.9 Å². The van der Waals surface area contributed by atoms with Crippen LogP contribution in [-0.2, 0) is 11.2 Å². The number of carbonyl (C=O) groups is 2. The van der Waals surface area contributed by atoms with Gasteiger partial charge in [-0.1, -0.05) is 30.3 Å². The Bertz CT molecular complexity index is 910. The van der Waals surface area contributed by atoms with Gasteiger partial charge in [0.1, 0.15) is 5.69 Å². The molecule has 6 heteroatoms. The van der Waals surface area contributed by atoms with Gasteiger partial charge >= 0.3 is 0 Å². The Balaban J connectivity index is 1.31. The Morgan fingerprint density at radius 2 is 1.74 bits per heavy atom. The van der Waals surface area contributed by atoms with Crippen molar-refractivity contribution in [1.29, 1.82) is 0 Å². The van der Waals surface area contributed by atoms with Crippen molar-refractivity contribution in [3.63, 3.8) is 0 Å². The number of nitrogens with one attached hydrogen (secondary N) is 1. The summed E-state index contributed by atoms with van der Waals surface area (Å²) in [7, 11) is 0. The average molecular weight is 362 g/mol. The number of hydrogen-bond acceptors (Lipinski definition) is 3. The van der Waals surface area contributed by atoms with Gasteiger partial charge in [-0.25, -0.2) is 0 Å². The van der Waals surface area contributed by atoms with E-state index in [9.17, 15) is 9.59 Å². The molecule has 0 atom stereocenters. The zero-order chi connectivity index (χ0) is 18.6. The van der Waals surface area contributed by atoms with Crippen LogP contribution in [0.1, 0.15) is 22.5 Å². The molecule has 4 rings (SSSR count). The van der Waals surface area contributed by atoms with Gasteiger partial charge in [-0.15, -0.1) is 0 Å². The molecule has 138 valence electrons. The van der Waals surface area contributed by atoms with E-state index in [4.69, 9.17) is 0 Å². The first-order valence-corrected chi connectivity index (χ1v) is 9.24. The van der Waals surface area contributed by atoms with Crippen LogP contribution >= 0.6 is 0 Å². The van der Waals surface area contributed by atoms with Gasteiger partial charge in [0.05, 0.1) is 0 Å². The van der Waals surface area contributed by atoms with Crippen LogP contribution in [0.4, 0.5) is 0 Å². The van der Waals surface area contributed by atoms with E-state index < -0.39 is 0 Å². The number of carbonyl (C=O) groups excluding carboxylic acids is 2. The minimum Gasteiger partial charge on any atom is -0.350 e. The molecule has 2 amide bonds. The molecule has 1 saturated heterocycles. The van der Waals surface area contributed by atoms with Crippen LogP contribution in [0, 0.1) is 0 Å². The largest absolute Gasteiger partial charge is 0.350 e. The molecular weight excluding hydrogens is 340 g/mol. The summed E-state index contributed by atoms with van der Waals surface area (Å²) in [5.41, 5.74) is 2.65. The number of H-pyrrole nitrogens is 1. The van der Waals surface area contributed by atoms with E-state index in [1.807, 2.05) is 47.4 Å². The highest BCUT2D eigenvalue weighted by Crippen LogP contribution is 2.16. The van der Waals surface area contributed by atoms with Gasteiger partial charge in [-0.05, 0) is 24.1 Å². The fourth-order valence-electron chi connectivity index (χ4n) is 3.47. The maximum absolute atomic E-state index is 12.7. The lowest BCUT2D eigenvalue weighted by molar-refractivity contribution is -0.132. The van der Waals surface area contributed by atoms with Crippen molar-refractivity contribution in [2.45, 2.75) is 12.8 Å². The molecule has 1 N–H and O–H groups in total. The number of rotatable bonds is 4. The molecule has 0 aliphatic carbocycles. The molecule has 0 saturated carbocycles. The third-order valence-corrected chi connectivity index (χ3v) is 5.04. The molecule has 0 unspecified atom stereocenters. The topological polar surface area (TPSA) is 69.3 Å². The molecule has 0 spiro atoms. The summed E-state index contributed by atoms with van der Waals surface area (Å²) in [6.07, 6.45) is 4.70. The standard InChI is InChI=1S/C21H22N4O2/c26-20(7-6-16-4-2-1-3-5-16)24-10-12-25(13-11-24)21(27)19-14-17-15-22-9-8-18(17)23-19/h1-5,8-9,14-15,23H,6-7,10-13H2.